The molecule has 0 bridgehead atoms. The fourth-order valence-corrected chi connectivity index (χ4v) is 5.96. The second-order valence-electron chi connectivity index (χ2n) is 11.3. The summed E-state index contributed by atoms with van der Waals surface area (Å²) in [6.07, 6.45) is 0.561. The van der Waals surface area contributed by atoms with Crippen LogP contribution in [0.5, 0.6) is 11.5 Å². The largest absolute Gasteiger partial charge is 0.497 e. The van der Waals surface area contributed by atoms with E-state index in [1.807, 2.05) is 98.6 Å². The van der Waals surface area contributed by atoms with Gasteiger partial charge in [0, 0.05) is 21.5 Å². The number of fused-ring (bicyclic) bond motifs is 4. The first-order chi connectivity index (χ1) is 22.3. The lowest BCUT2D eigenvalue weighted by Crippen LogP contribution is -2.55. The quantitative estimate of drug-likeness (QED) is 0.131. The minimum atomic E-state index is -0.345. The van der Waals surface area contributed by atoms with Crippen molar-refractivity contribution in [1.29, 1.82) is 0 Å². The molecule has 2 atom stereocenters. The van der Waals surface area contributed by atoms with Gasteiger partial charge in [-0.3, -0.25) is 14.5 Å². The monoisotopic (exact) mass is 615 g/mol. The molecule has 0 fully saturated rings. The molecule has 0 aliphatic rings. The summed E-state index contributed by atoms with van der Waals surface area (Å²) >= 11 is 0. The topological polar surface area (TPSA) is 106 Å². The SMILES string of the molecule is CCC(NC(=O)c1cccc2cc3cc(OC)ccc3nc12)N(C)C(CC)NC(=O)c1cccc2cc3cc(OC)ccc3nc12. The van der Waals surface area contributed by atoms with Gasteiger partial charge in [0.05, 0.1) is 59.7 Å². The van der Waals surface area contributed by atoms with Crippen LogP contribution in [0.3, 0.4) is 0 Å². The summed E-state index contributed by atoms with van der Waals surface area (Å²) < 4.78 is 10.7. The number of benzene rings is 4. The highest BCUT2D eigenvalue weighted by molar-refractivity contribution is 6.09. The fourth-order valence-electron chi connectivity index (χ4n) is 5.96. The molecule has 0 saturated carbocycles. The molecule has 2 amide bonds. The first kappa shape index (κ1) is 30.7. The van der Waals surface area contributed by atoms with Crippen molar-refractivity contribution >= 4 is 55.4 Å². The summed E-state index contributed by atoms with van der Waals surface area (Å²) in [5.74, 6) is 1.04. The molecule has 2 unspecified atom stereocenters. The number of methoxy groups -OCH3 is 2. The lowest BCUT2D eigenvalue weighted by molar-refractivity contribution is 0.0701. The molecule has 2 N–H and O–H groups in total. The zero-order chi connectivity index (χ0) is 32.4. The Kier molecular flexibility index (Phi) is 8.68. The van der Waals surface area contributed by atoms with Gasteiger partial charge >= 0.3 is 0 Å². The number of aromatic nitrogens is 2. The molecule has 6 rings (SSSR count). The van der Waals surface area contributed by atoms with E-state index < -0.39 is 0 Å². The predicted octanol–water partition coefficient (Wildman–Crippen LogP) is 6.67. The van der Waals surface area contributed by atoms with Crippen LogP contribution in [-0.4, -0.2) is 60.3 Å². The van der Waals surface area contributed by atoms with E-state index in [1.54, 1.807) is 26.4 Å². The number of ether oxygens (including phenoxy) is 2. The minimum absolute atomic E-state index is 0.229. The molecule has 0 radical (unpaired) electrons. The molecule has 234 valence electrons. The van der Waals surface area contributed by atoms with Crippen molar-refractivity contribution in [1.82, 2.24) is 25.5 Å². The molecule has 2 aromatic heterocycles. The van der Waals surface area contributed by atoms with E-state index >= 15 is 0 Å². The second kappa shape index (κ2) is 13.0. The number of hydrogen-bond donors (Lipinski definition) is 2. The van der Waals surface area contributed by atoms with E-state index in [2.05, 4.69) is 10.6 Å². The van der Waals surface area contributed by atoms with Crippen molar-refractivity contribution in [3.8, 4) is 11.5 Å². The van der Waals surface area contributed by atoms with Gasteiger partial charge in [-0.25, -0.2) is 9.97 Å². The Hall–Kier alpha value is -5.28. The van der Waals surface area contributed by atoms with E-state index in [0.717, 1.165) is 44.1 Å². The van der Waals surface area contributed by atoms with Crippen LogP contribution >= 0.6 is 0 Å². The summed E-state index contributed by atoms with van der Waals surface area (Å²) in [5, 5.41) is 9.97. The number of nitrogens with zero attached hydrogens (tertiary/aromatic N) is 3. The Balaban J connectivity index is 1.23. The smallest absolute Gasteiger partial charge is 0.254 e. The minimum Gasteiger partial charge on any atom is -0.497 e. The molecule has 0 spiro atoms. The Bertz CT molecular complexity index is 1950. The molecular weight excluding hydrogens is 578 g/mol. The molecule has 46 heavy (non-hydrogen) atoms. The maximum absolute atomic E-state index is 13.7. The molecule has 0 aliphatic carbocycles. The predicted molar refractivity (Wildman–Crippen MR) is 182 cm³/mol. The van der Waals surface area contributed by atoms with Crippen LogP contribution in [-0.2, 0) is 0 Å². The van der Waals surface area contributed by atoms with Crippen molar-refractivity contribution in [2.75, 3.05) is 21.3 Å². The number of carbonyl (C=O) groups excluding carboxylic acids is 2. The number of pyridine rings is 2. The van der Waals surface area contributed by atoms with Crippen LogP contribution in [0.25, 0.3) is 43.6 Å². The summed E-state index contributed by atoms with van der Waals surface area (Å²) in [7, 11) is 5.18. The van der Waals surface area contributed by atoms with Gasteiger partial charge in [0.1, 0.15) is 11.5 Å². The molecule has 2 heterocycles. The molecular formula is C37H37N5O4. The van der Waals surface area contributed by atoms with Crippen molar-refractivity contribution in [2.45, 2.75) is 39.0 Å². The van der Waals surface area contributed by atoms with Crippen LogP contribution in [0, 0.1) is 0 Å². The third-order valence-corrected chi connectivity index (χ3v) is 8.53. The summed E-state index contributed by atoms with van der Waals surface area (Å²) in [6, 6.07) is 26.6. The average molecular weight is 616 g/mol. The third kappa shape index (κ3) is 5.89. The maximum Gasteiger partial charge on any atom is 0.254 e. The van der Waals surface area contributed by atoms with Gasteiger partial charge in [0.25, 0.3) is 11.8 Å². The van der Waals surface area contributed by atoms with Crippen molar-refractivity contribution in [2.24, 2.45) is 0 Å². The van der Waals surface area contributed by atoms with E-state index in [9.17, 15) is 9.59 Å². The molecule has 0 saturated heterocycles. The normalized spacial score (nSPS) is 12.8. The van der Waals surface area contributed by atoms with Crippen LogP contribution in [0.15, 0.2) is 84.9 Å². The van der Waals surface area contributed by atoms with Crippen molar-refractivity contribution in [3.63, 3.8) is 0 Å². The van der Waals surface area contributed by atoms with Gasteiger partial charge in [-0.2, -0.15) is 0 Å². The summed E-state index contributed by atoms with van der Waals surface area (Å²) in [5.41, 5.74) is 3.80. The Labute approximate surface area is 267 Å². The lowest BCUT2D eigenvalue weighted by atomic mass is 10.1. The highest BCUT2D eigenvalue weighted by Gasteiger charge is 2.26. The van der Waals surface area contributed by atoms with Gasteiger partial charge in [-0.1, -0.05) is 38.1 Å². The number of nitrogens with one attached hydrogen (secondary N) is 2. The number of amides is 2. The third-order valence-electron chi connectivity index (χ3n) is 8.53. The van der Waals surface area contributed by atoms with E-state index in [0.29, 0.717) is 35.0 Å². The molecule has 6 aromatic rings. The standard InChI is InChI=1S/C37H37N5O4/c1-6-32(40-36(43)28-12-8-10-22-18-24-20-26(45-4)14-16-30(24)38-34(22)28)42(3)33(7-2)41-37(44)29-13-9-11-23-19-25-21-27(46-5)15-17-31(25)39-35(23)29/h8-21,32-33H,6-7H2,1-5H3,(H,40,43)(H,41,44). The highest BCUT2D eigenvalue weighted by Crippen LogP contribution is 2.27. The fraction of sp³-hybridized carbons (Fsp3) is 0.243. The molecule has 9 heteroatoms. The van der Waals surface area contributed by atoms with Gasteiger partial charge in [0.2, 0.25) is 0 Å². The van der Waals surface area contributed by atoms with E-state index in [1.165, 1.54) is 0 Å². The van der Waals surface area contributed by atoms with Crippen molar-refractivity contribution < 1.29 is 19.1 Å². The zero-order valence-corrected chi connectivity index (χ0v) is 26.6. The molecule has 9 nitrogen and oxygen atoms in total. The number of para-hydroxylation sites is 2. The molecule has 0 aliphatic heterocycles. The molecule has 4 aromatic carbocycles. The van der Waals surface area contributed by atoms with Gasteiger partial charge in [-0.05, 0) is 80.6 Å². The van der Waals surface area contributed by atoms with Gasteiger partial charge in [-0.15, -0.1) is 0 Å². The van der Waals surface area contributed by atoms with Gasteiger partial charge < -0.3 is 20.1 Å². The first-order valence-corrected chi connectivity index (χ1v) is 15.4. The van der Waals surface area contributed by atoms with Crippen molar-refractivity contribution in [3.05, 3.63) is 96.1 Å². The first-order valence-electron chi connectivity index (χ1n) is 15.4. The number of hydrogen-bond acceptors (Lipinski definition) is 7. The Morgan fingerprint density at radius 2 is 1.09 bits per heavy atom. The maximum atomic E-state index is 13.7. The van der Waals surface area contributed by atoms with Crippen LogP contribution in [0.2, 0.25) is 0 Å². The second-order valence-corrected chi connectivity index (χ2v) is 11.3. The average Bonchev–Trinajstić information content (AvgIpc) is 3.09. The van der Waals surface area contributed by atoms with Gasteiger partial charge in [0.15, 0.2) is 0 Å². The lowest BCUT2D eigenvalue weighted by Gasteiger charge is -2.35. The number of carbonyl (C=O) groups is 2. The zero-order valence-electron chi connectivity index (χ0n) is 26.6. The van der Waals surface area contributed by atoms with E-state index in [-0.39, 0.29) is 24.1 Å². The van der Waals surface area contributed by atoms with Crippen LogP contribution in [0.1, 0.15) is 47.4 Å². The Morgan fingerprint density at radius 1 is 0.652 bits per heavy atom. The summed E-state index contributed by atoms with van der Waals surface area (Å²) in [4.78, 5) is 39.1. The Morgan fingerprint density at radius 3 is 1.48 bits per heavy atom. The summed E-state index contributed by atoms with van der Waals surface area (Å²) in [6.45, 7) is 4.01. The van der Waals surface area contributed by atoms with Crippen LogP contribution < -0.4 is 20.1 Å². The van der Waals surface area contributed by atoms with Crippen LogP contribution in [0.4, 0.5) is 0 Å². The number of rotatable bonds is 10. The van der Waals surface area contributed by atoms with E-state index in [4.69, 9.17) is 19.4 Å². The highest BCUT2D eigenvalue weighted by atomic mass is 16.5.